The zero-order valence-corrected chi connectivity index (χ0v) is 16.2. The van der Waals surface area contributed by atoms with Crippen molar-refractivity contribution in [1.82, 2.24) is 9.97 Å². The number of nitrogens with one attached hydrogen (secondary N) is 1. The van der Waals surface area contributed by atoms with Crippen molar-refractivity contribution in [2.75, 3.05) is 5.32 Å². The first-order valence-electron chi connectivity index (χ1n) is 7.79. The van der Waals surface area contributed by atoms with Gasteiger partial charge in [-0.05, 0) is 36.8 Å². The summed E-state index contributed by atoms with van der Waals surface area (Å²) in [6, 6.07) is 15.1. The molecule has 3 rings (SSSR count). The SMILES string of the molecule is Cc1ccc(CSc2ncc(Cl)c(C(=O)Nc3ccc(Cl)cc3)n2)cc1. The molecule has 132 valence electrons. The molecule has 0 atom stereocenters. The van der Waals surface area contributed by atoms with Gasteiger partial charge in [-0.1, -0.05) is 64.8 Å². The third kappa shape index (κ3) is 4.97. The lowest BCUT2D eigenvalue weighted by atomic mass is 10.2. The standard InChI is InChI=1S/C19H15Cl2N3OS/c1-12-2-4-13(5-3-12)11-26-19-22-10-16(21)17(24-19)18(25)23-15-8-6-14(20)7-9-15/h2-10H,11H2,1H3,(H,23,25). The van der Waals surface area contributed by atoms with E-state index in [0.717, 1.165) is 5.56 Å². The van der Waals surface area contributed by atoms with Gasteiger partial charge in [0.05, 0.1) is 11.2 Å². The van der Waals surface area contributed by atoms with E-state index in [9.17, 15) is 4.79 Å². The van der Waals surface area contributed by atoms with E-state index < -0.39 is 5.91 Å². The lowest BCUT2D eigenvalue weighted by Gasteiger charge is -2.08. The minimum atomic E-state index is -0.392. The molecule has 1 amide bonds. The first-order valence-corrected chi connectivity index (χ1v) is 9.53. The Balaban J connectivity index is 1.71. The maximum atomic E-state index is 12.5. The van der Waals surface area contributed by atoms with Crippen LogP contribution in [0.15, 0.2) is 59.9 Å². The number of anilines is 1. The zero-order valence-electron chi connectivity index (χ0n) is 13.9. The minimum Gasteiger partial charge on any atom is -0.321 e. The molecule has 0 fully saturated rings. The number of rotatable bonds is 5. The molecule has 0 spiro atoms. The van der Waals surface area contributed by atoms with Crippen LogP contribution in [0.5, 0.6) is 0 Å². The third-order valence-electron chi connectivity index (χ3n) is 3.53. The molecule has 2 aromatic carbocycles. The van der Waals surface area contributed by atoms with Crippen molar-refractivity contribution in [2.45, 2.75) is 17.8 Å². The van der Waals surface area contributed by atoms with Crippen LogP contribution in [0.1, 0.15) is 21.6 Å². The highest BCUT2D eigenvalue weighted by Crippen LogP contribution is 2.23. The van der Waals surface area contributed by atoms with Crippen molar-refractivity contribution >= 4 is 46.6 Å². The largest absolute Gasteiger partial charge is 0.321 e. The molecule has 0 aliphatic heterocycles. The summed E-state index contributed by atoms with van der Waals surface area (Å²) in [5.41, 5.74) is 3.12. The molecule has 0 unspecified atom stereocenters. The van der Waals surface area contributed by atoms with Gasteiger partial charge in [-0.25, -0.2) is 9.97 Å². The summed E-state index contributed by atoms with van der Waals surface area (Å²) in [5.74, 6) is 0.317. The third-order valence-corrected chi connectivity index (χ3v) is 4.99. The second-order valence-corrected chi connectivity index (χ2v) is 7.37. The van der Waals surface area contributed by atoms with Crippen LogP contribution in [-0.4, -0.2) is 15.9 Å². The van der Waals surface area contributed by atoms with E-state index in [2.05, 4.69) is 39.6 Å². The molecule has 3 aromatic rings. The summed E-state index contributed by atoms with van der Waals surface area (Å²) in [6.07, 6.45) is 1.45. The van der Waals surface area contributed by atoms with E-state index in [4.69, 9.17) is 23.2 Å². The van der Waals surface area contributed by atoms with Crippen LogP contribution in [0.3, 0.4) is 0 Å². The van der Waals surface area contributed by atoms with Gasteiger partial charge in [0.15, 0.2) is 10.9 Å². The van der Waals surface area contributed by atoms with Crippen molar-refractivity contribution in [2.24, 2.45) is 0 Å². The smallest absolute Gasteiger partial charge is 0.275 e. The van der Waals surface area contributed by atoms with Gasteiger partial charge in [0.2, 0.25) is 0 Å². The molecule has 0 aliphatic rings. The van der Waals surface area contributed by atoms with E-state index in [0.29, 0.717) is 21.6 Å². The highest BCUT2D eigenvalue weighted by Gasteiger charge is 2.15. The summed E-state index contributed by atoms with van der Waals surface area (Å²) in [5, 5.41) is 4.05. The van der Waals surface area contributed by atoms with Crippen molar-refractivity contribution in [1.29, 1.82) is 0 Å². The fraction of sp³-hybridized carbons (Fsp3) is 0.105. The molecule has 0 saturated carbocycles. The molecule has 0 saturated heterocycles. The van der Waals surface area contributed by atoms with Crippen LogP contribution in [-0.2, 0) is 5.75 Å². The highest BCUT2D eigenvalue weighted by molar-refractivity contribution is 7.98. The molecular weight excluding hydrogens is 389 g/mol. The number of halogens is 2. The Morgan fingerprint density at radius 2 is 1.77 bits per heavy atom. The van der Waals surface area contributed by atoms with Crippen LogP contribution in [0.25, 0.3) is 0 Å². The molecule has 0 bridgehead atoms. The number of aryl methyl sites for hydroxylation is 1. The van der Waals surface area contributed by atoms with Gasteiger partial charge >= 0.3 is 0 Å². The Morgan fingerprint density at radius 1 is 1.08 bits per heavy atom. The maximum absolute atomic E-state index is 12.5. The van der Waals surface area contributed by atoms with Crippen LogP contribution >= 0.6 is 35.0 Å². The number of hydrogen-bond donors (Lipinski definition) is 1. The van der Waals surface area contributed by atoms with Crippen LogP contribution < -0.4 is 5.32 Å². The van der Waals surface area contributed by atoms with Crippen LogP contribution in [0.2, 0.25) is 10.0 Å². The zero-order chi connectivity index (χ0) is 18.5. The topological polar surface area (TPSA) is 54.9 Å². The summed E-state index contributed by atoms with van der Waals surface area (Å²) >= 11 is 13.4. The Bertz CT molecular complexity index is 915. The lowest BCUT2D eigenvalue weighted by Crippen LogP contribution is -2.15. The molecule has 0 radical (unpaired) electrons. The predicted molar refractivity (Wildman–Crippen MR) is 107 cm³/mol. The summed E-state index contributed by atoms with van der Waals surface area (Å²) in [6.45, 7) is 2.05. The number of aromatic nitrogens is 2. The van der Waals surface area contributed by atoms with Gasteiger partial charge in [-0.3, -0.25) is 4.79 Å². The Kier molecular flexibility index (Phi) is 6.14. The second-order valence-electron chi connectivity index (χ2n) is 5.58. The van der Waals surface area contributed by atoms with Gasteiger partial charge < -0.3 is 5.32 Å². The van der Waals surface area contributed by atoms with Crippen molar-refractivity contribution in [3.63, 3.8) is 0 Å². The van der Waals surface area contributed by atoms with Crippen molar-refractivity contribution < 1.29 is 4.79 Å². The fourth-order valence-electron chi connectivity index (χ4n) is 2.14. The maximum Gasteiger partial charge on any atom is 0.275 e. The number of carbonyl (C=O) groups excluding carboxylic acids is 1. The highest BCUT2D eigenvalue weighted by atomic mass is 35.5. The number of hydrogen-bond acceptors (Lipinski definition) is 4. The number of benzene rings is 2. The van der Waals surface area contributed by atoms with E-state index in [1.807, 2.05) is 6.92 Å². The number of amides is 1. The number of nitrogens with zero attached hydrogens (tertiary/aromatic N) is 2. The van der Waals surface area contributed by atoms with Crippen LogP contribution in [0.4, 0.5) is 5.69 Å². The molecular formula is C19H15Cl2N3OS. The van der Waals surface area contributed by atoms with E-state index >= 15 is 0 Å². The molecule has 4 nitrogen and oxygen atoms in total. The first-order chi connectivity index (χ1) is 12.5. The summed E-state index contributed by atoms with van der Waals surface area (Å²) < 4.78 is 0. The molecule has 7 heteroatoms. The monoisotopic (exact) mass is 403 g/mol. The lowest BCUT2D eigenvalue weighted by molar-refractivity contribution is 0.102. The quantitative estimate of drug-likeness (QED) is 0.442. The normalized spacial score (nSPS) is 10.6. The van der Waals surface area contributed by atoms with Gasteiger partial charge in [0, 0.05) is 16.5 Å². The number of carbonyl (C=O) groups is 1. The van der Waals surface area contributed by atoms with Crippen LogP contribution in [0, 0.1) is 6.92 Å². The molecule has 0 aliphatic carbocycles. The average molecular weight is 404 g/mol. The van der Waals surface area contributed by atoms with Gasteiger partial charge in [-0.15, -0.1) is 0 Å². The Hall–Kier alpha value is -2.08. The average Bonchev–Trinajstić information content (AvgIpc) is 2.64. The fourth-order valence-corrected chi connectivity index (χ4v) is 3.21. The second kappa shape index (κ2) is 8.54. The van der Waals surface area contributed by atoms with Crippen molar-refractivity contribution in [3.05, 3.63) is 81.6 Å². The summed E-state index contributed by atoms with van der Waals surface area (Å²) in [7, 11) is 0. The van der Waals surface area contributed by atoms with Crippen molar-refractivity contribution in [3.8, 4) is 0 Å². The molecule has 1 N–H and O–H groups in total. The summed E-state index contributed by atoms with van der Waals surface area (Å²) in [4.78, 5) is 21.0. The molecule has 26 heavy (non-hydrogen) atoms. The first kappa shape index (κ1) is 18.7. The van der Waals surface area contributed by atoms with E-state index in [1.165, 1.54) is 23.5 Å². The Morgan fingerprint density at radius 3 is 2.46 bits per heavy atom. The number of thioether (sulfide) groups is 1. The van der Waals surface area contributed by atoms with E-state index in [1.54, 1.807) is 24.3 Å². The Labute approximate surface area is 166 Å². The van der Waals surface area contributed by atoms with E-state index in [-0.39, 0.29) is 10.7 Å². The van der Waals surface area contributed by atoms with Gasteiger partial charge in [0.1, 0.15) is 0 Å². The predicted octanol–water partition coefficient (Wildman–Crippen LogP) is 5.64. The van der Waals surface area contributed by atoms with Gasteiger partial charge in [-0.2, -0.15) is 0 Å². The molecule has 1 aromatic heterocycles. The van der Waals surface area contributed by atoms with Gasteiger partial charge in [0.25, 0.3) is 5.91 Å². The minimum absolute atomic E-state index is 0.142. The molecule has 1 heterocycles.